The lowest BCUT2D eigenvalue weighted by molar-refractivity contribution is 0.554. The second-order valence-corrected chi connectivity index (χ2v) is 5.15. The summed E-state index contributed by atoms with van der Waals surface area (Å²) in [5, 5.41) is -0.0670. The van der Waals surface area contributed by atoms with Gasteiger partial charge in [-0.15, -0.1) is 0 Å². The Morgan fingerprint density at radius 1 is 1.62 bits per heavy atom. The molecule has 1 heterocycles. The SMILES string of the molecule is CCCCn1ccnc1S(=O)(=O)Cl. The van der Waals surface area contributed by atoms with Crippen LogP contribution in [0.25, 0.3) is 0 Å². The number of unbranched alkanes of at least 4 members (excludes halogenated alkanes) is 1. The summed E-state index contributed by atoms with van der Waals surface area (Å²) in [5.41, 5.74) is 0. The van der Waals surface area contributed by atoms with Crippen LogP contribution in [0, 0.1) is 0 Å². The standard InChI is InChI=1S/C7H11ClN2O2S/c1-2-3-5-10-6-4-9-7(10)13(8,11)12/h4,6H,2-3,5H2,1H3. The Kier molecular flexibility index (Phi) is 3.33. The van der Waals surface area contributed by atoms with E-state index in [0.717, 1.165) is 12.8 Å². The minimum Gasteiger partial charge on any atom is -0.321 e. The zero-order valence-electron chi connectivity index (χ0n) is 7.27. The summed E-state index contributed by atoms with van der Waals surface area (Å²) in [6, 6.07) is 0. The molecule has 0 aliphatic rings. The molecule has 1 aromatic rings. The minimum atomic E-state index is -3.70. The van der Waals surface area contributed by atoms with Gasteiger partial charge in [0, 0.05) is 29.6 Å². The second-order valence-electron chi connectivity index (χ2n) is 2.69. The van der Waals surface area contributed by atoms with Crippen molar-refractivity contribution in [2.45, 2.75) is 31.5 Å². The third-order valence-corrected chi connectivity index (χ3v) is 2.84. The van der Waals surface area contributed by atoms with Gasteiger partial charge in [-0.05, 0) is 6.42 Å². The van der Waals surface area contributed by atoms with Gasteiger partial charge in [0.2, 0.25) is 5.16 Å². The third-order valence-electron chi connectivity index (χ3n) is 1.65. The van der Waals surface area contributed by atoms with Crippen LogP contribution in [0.5, 0.6) is 0 Å². The molecule has 0 aromatic carbocycles. The molecule has 0 spiro atoms. The minimum absolute atomic E-state index is 0.0670. The Morgan fingerprint density at radius 3 is 2.85 bits per heavy atom. The fourth-order valence-electron chi connectivity index (χ4n) is 1.02. The number of aryl methyl sites for hydroxylation is 1. The van der Waals surface area contributed by atoms with Crippen molar-refractivity contribution in [3.63, 3.8) is 0 Å². The number of aromatic nitrogens is 2. The van der Waals surface area contributed by atoms with Crippen LogP contribution in [0.1, 0.15) is 19.8 Å². The van der Waals surface area contributed by atoms with E-state index in [1.807, 2.05) is 6.92 Å². The Labute approximate surface area is 82.0 Å². The Hall–Kier alpha value is -0.550. The van der Waals surface area contributed by atoms with Gasteiger partial charge in [0.05, 0.1) is 0 Å². The number of imidazole rings is 1. The summed E-state index contributed by atoms with van der Waals surface area (Å²) in [6.07, 6.45) is 4.96. The lowest BCUT2D eigenvalue weighted by atomic mass is 10.3. The van der Waals surface area contributed by atoms with Crippen molar-refractivity contribution in [2.75, 3.05) is 0 Å². The first-order chi connectivity index (χ1) is 6.05. The predicted octanol–water partition coefficient (Wildman–Crippen LogP) is 1.61. The molecule has 1 rings (SSSR count). The smallest absolute Gasteiger partial charge is 0.295 e. The molecular weight excluding hydrogens is 212 g/mol. The monoisotopic (exact) mass is 222 g/mol. The van der Waals surface area contributed by atoms with Crippen molar-refractivity contribution in [1.29, 1.82) is 0 Å². The maximum Gasteiger partial charge on any atom is 0.295 e. The van der Waals surface area contributed by atoms with Crippen LogP contribution in [0.15, 0.2) is 17.6 Å². The number of hydrogen-bond donors (Lipinski definition) is 0. The molecule has 0 amide bonds. The summed E-state index contributed by atoms with van der Waals surface area (Å²) < 4.78 is 23.5. The van der Waals surface area contributed by atoms with Crippen molar-refractivity contribution in [1.82, 2.24) is 9.55 Å². The fraction of sp³-hybridized carbons (Fsp3) is 0.571. The maximum absolute atomic E-state index is 11.0. The molecule has 0 aliphatic carbocycles. The molecule has 13 heavy (non-hydrogen) atoms. The van der Waals surface area contributed by atoms with Crippen LogP contribution >= 0.6 is 10.7 Å². The highest BCUT2D eigenvalue weighted by Gasteiger charge is 2.16. The molecule has 6 heteroatoms. The highest BCUT2D eigenvalue weighted by Crippen LogP contribution is 2.12. The topological polar surface area (TPSA) is 52.0 Å². The van der Waals surface area contributed by atoms with Crippen molar-refractivity contribution >= 4 is 19.7 Å². The highest BCUT2D eigenvalue weighted by atomic mass is 35.7. The number of rotatable bonds is 4. The van der Waals surface area contributed by atoms with Gasteiger partial charge in [0.25, 0.3) is 9.05 Å². The van der Waals surface area contributed by atoms with E-state index in [1.54, 1.807) is 10.8 Å². The van der Waals surface area contributed by atoms with E-state index in [2.05, 4.69) is 4.98 Å². The first-order valence-corrected chi connectivity index (χ1v) is 6.32. The first kappa shape index (κ1) is 10.5. The zero-order chi connectivity index (χ0) is 9.90. The van der Waals surface area contributed by atoms with Crippen LogP contribution in [-0.2, 0) is 15.6 Å². The first-order valence-electron chi connectivity index (χ1n) is 4.01. The van der Waals surface area contributed by atoms with Crippen LogP contribution in [-0.4, -0.2) is 18.0 Å². The molecule has 4 nitrogen and oxygen atoms in total. The molecule has 0 unspecified atom stereocenters. The largest absolute Gasteiger partial charge is 0.321 e. The molecule has 0 aliphatic heterocycles. The lowest BCUT2D eigenvalue weighted by Crippen LogP contribution is -2.05. The summed E-state index contributed by atoms with van der Waals surface area (Å²) in [6.45, 7) is 2.67. The molecule has 0 bridgehead atoms. The van der Waals surface area contributed by atoms with Gasteiger partial charge in [-0.1, -0.05) is 13.3 Å². The normalized spacial score (nSPS) is 11.8. The zero-order valence-corrected chi connectivity index (χ0v) is 8.85. The molecule has 0 radical (unpaired) electrons. The van der Waals surface area contributed by atoms with Crippen molar-refractivity contribution < 1.29 is 8.42 Å². The van der Waals surface area contributed by atoms with E-state index in [0.29, 0.717) is 6.54 Å². The number of nitrogens with zero attached hydrogens (tertiary/aromatic N) is 2. The molecule has 0 atom stereocenters. The fourth-order valence-corrected chi connectivity index (χ4v) is 2.02. The molecule has 0 saturated heterocycles. The molecule has 0 saturated carbocycles. The van der Waals surface area contributed by atoms with Crippen LogP contribution in [0.2, 0.25) is 0 Å². The van der Waals surface area contributed by atoms with Crippen LogP contribution in [0.4, 0.5) is 0 Å². The molecule has 1 aromatic heterocycles. The van der Waals surface area contributed by atoms with Gasteiger partial charge in [-0.25, -0.2) is 13.4 Å². The van der Waals surface area contributed by atoms with E-state index in [-0.39, 0.29) is 5.16 Å². The van der Waals surface area contributed by atoms with E-state index in [9.17, 15) is 8.42 Å². The predicted molar refractivity (Wildman–Crippen MR) is 50.2 cm³/mol. The van der Waals surface area contributed by atoms with Gasteiger partial charge in [0.15, 0.2) is 0 Å². The third kappa shape index (κ3) is 2.70. The molecular formula is C7H11ClN2O2S. The highest BCUT2D eigenvalue weighted by molar-refractivity contribution is 8.13. The second kappa shape index (κ2) is 4.11. The summed E-state index contributed by atoms with van der Waals surface area (Å²) in [4.78, 5) is 3.68. The average molecular weight is 223 g/mol. The van der Waals surface area contributed by atoms with Crippen molar-refractivity contribution in [3.8, 4) is 0 Å². The Morgan fingerprint density at radius 2 is 2.31 bits per heavy atom. The van der Waals surface area contributed by atoms with Crippen LogP contribution in [0.3, 0.4) is 0 Å². The maximum atomic E-state index is 11.0. The Bertz CT molecular complexity index is 372. The van der Waals surface area contributed by atoms with E-state index in [1.165, 1.54) is 6.20 Å². The van der Waals surface area contributed by atoms with E-state index in [4.69, 9.17) is 10.7 Å². The molecule has 74 valence electrons. The van der Waals surface area contributed by atoms with Gasteiger partial charge >= 0.3 is 0 Å². The Balaban J connectivity index is 2.90. The molecule has 0 fully saturated rings. The summed E-state index contributed by atoms with van der Waals surface area (Å²) in [5.74, 6) is 0. The average Bonchev–Trinajstić information content (AvgIpc) is 2.47. The summed E-state index contributed by atoms with van der Waals surface area (Å²) in [7, 11) is 1.48. The van der Waals surface area contributed by atoms with Gasteiger partial charge in [-0.2, -0.15) is 0 Å². The van der Waals surface area contributed by atoms with Crippen molar-refractivity contribution in [2.24, 2.45) is 0 Å². The van der Waals surface area contributed by atoms with Gasteiger partial charge in [-0.3, -0.25) is 0 Å². The van der Waals surface area contributed by atoms with E-state index < -0.39 is 9.05 Å². The summed E-state index contributed by atoms with van der Waals surface area (Å²) >= 11 is 0. The lowest BCUT2D eigenvalue weighted by Gasteiger charge is -2.02. The van der Waals surface area contributed by atoms with Gasteiger partial charge in [0.1, 0.15) is 0 Å². The van der Waals surface area contributed by atoms with Crippen LogP contribution < -0.4 is 0 Å². The number of halogens is 1. The van der Waals surface area contributed by atoms with Crippen molar-refractivity contribution in [3.05, 3.63) is 12.4 Å². The quantitative estimate of drug-likeness (QED) is 0.728. The van der Waals surface area contributed by atoms with Gasteiger partial charge < -0.3 is 4.57 Å². The van der Waals surface area contributed by atoms with E-state index >= 15 is 0 Å². The molecule has 0 N–H and O–H groups in total. The number of hydrogen-bond acceptors (Lipinski definition) is 3.